The molecule has 2 aliphatic heterocycles. The van der Waals surface area contributed by atoms with Crippen molar-refractivity contribution in [2.45, 2.75) is 31.6 Å². The van der Waals surface area contributed by atoms with Crippen molar-refractivity contribution in [2.75, 3.05) is 31.3 Å². The number of hydrogen-bond acceptors (Lipinski definition) is 5. The summed E-state index contributed by atoms with van der Waals surface area (Å²) in [6.07, 6.45) is 2.76. The molecule has 2 saturated heterocycles. The summed E-state index contributed by atoms with van der Waals surface area (Å²) in [7, 11) is 0. The molecule has 2 aromatic carbocycles. The Morgan fingerprint density at radius 3 is 2.58 bits per heavy atom. The monoisotopic (exact) mass is 444 g/mol. The van der Waals surface area contributed by atoms with Gasteiger partial charge in [0.15, 0.2) is 12.8 Å². The highest BCUT2D eigenvalue weighted by atomic mass is 35.5. The highest BCUT2D eigenvalue weighted by molar-refractivity contribution is 6.30. The van der Waals surface area contributed by atoms with E-state index in [0.29, 0.717) is 17.3 Å². The Bertz CT molecular complexity index is 897. The van der Waals surface area contributed by atoms with Crippen molar-refractivity contribution in [3.63, 3.8) is 0 Å². The van der Waals surface area contributed by atoms with Crippen LogP contribution in [0, 0.1) is 0 Å². The number of rotatable bonds is 7. The van der Waals surface area contributed by atoms with E-state index in [2.05, 4.69) is 5.32 Å². The number of amides is 2. The maximum absolute atomic E-state index is 12.4. The van der Waals surface area contributed by atoms with E-state index in [0.717, 1.165) is 37.1 Å². The number of carbonyl (C=O) groups is 2. The molecule has 2 aliphatic rings. The van der Waals surface area contributed by atoms with Gasteiger partial charge in [-0.05, 0) is 55.7 Å². The molecule has 4 rings (SSSR count). The van der Waals surface area contributed by atoms with Gasteiger partial charge in [0.05, 0.1) is 6.10 Å². The quantitative estimate of drug-likeness (QED) is 0.707. The maximum atomic E-state index is 12.4. The molecule has 164 valence electrons. The van der Waals surface area contributed by atoms with Crippen LogP contribution in [0.2, 0.25) is 5.02 Å². The molecule has 7 nitrogen and oxygen atoms in total. The van der Waals surface area contributed by atoms with Gasteiger partial charge in [-0.3, -0.25) is 14.5 Å². The van der Waals surface area contributed by atoms with Crippen LogP contribution in [0.15, 0.2) is 48.5 Å². The largest absolute Gasteiger partial charge is 0.484 e. The van der Waals surface area contributed by atoms with E-state index < -0.39 is 6.23 Å². The van der Waals surface area contributed by atoms with E-state index in [-0.39, 0.29) is 31.1 Å². The van der Waals surface area contributed by atoms with Gasteiger partial charge >= 0.3 is 0 Å². The molecule has 2 heterocycles. The fourth-order valence-electron chi connectivity index (χ4n) is 3.68. The van der Waals surface area contributed by atoms with Crippen LogP contribution in [0.5, 0.6) is 5.75 Å². The summed E-state index contributed by atoms with van der Waals surface area (Å²) in [5.41, 5.74) is 1.53. The lowest BCUT2D eigenvalue weighted by Gasteiger charge is -2.24. The highest BCUT2D eigenvalue weighted by Crippen LogP contribution is 2.34. The molecule has 2 fully saturated rings. The molecule has 0 spiro atoms. The maximum Gasteiger partial charge on any atom is 0.258 e. The summed E-state index contributed by atoms with van der Waals surface area (Å²) < 4.78 is 16.9. The average Bonchev–Trinajstić information content (AvgIpc) is 3.19. The molecule has 0 bridgehead atoms. The van der Waals surface area contributed by atoms with Gasteiger partial charge in [-0.1, -0.05) is 23.7 Å². The predicted octanol–water partition coefficient (Wildman–Crippen LogP) is 3.47. The number of nitrogens with zero attached hydrogens (tertiary/aromatic N) is 1. The average molecular weight is 445 g/mol. The first kappa shape index (κ1) is 21.6. The Balaban J connectivity index is 1.31. The Hall–Kier alpha value is -2.61. The van der Waals surface area contributed by atoms with Gasteiger partial charge in [-0.2, -0.15) is 0 Å². The second kappa shape index (κ2) is 10.1. The van der Waals surface area contributed by atoms with E-state index in [1.807, 2.05) is 12.1 Å². The van der Waals surface area contributed by atoms with Crippen LogP contribution in [0.4, 0.5) is 5.69 Å². The molecule has 8 heteroatoms. The minimum Gasteiger partial charge on any atom is -0.484 e. The van der Waals surface area contributed by atoms with E-state index in [1.54, 1.807) is 41.3 Å². The molecule has 0 aliphatic carbocycles. The fourth-order valence-corrected chi connectivity index (χ4v) is 3.80. The van der Waals surface area contributed by atoms with E-state index in [9.17, 15) is 9.59 Å². The summed E-state index contributed by atoms with van der Waals surface area (Å²) in [5.74, 6) is 0.262. The van der Waals surface area contributed by atoms with Crippen molar-refractivity contribution in [3.05, 3.63) is 59.1 Å². The molecule has 0 saturated carbocycles. The van der Waals surface area contributed by atoms with Crippen LogP contribution < -0.4 is 15.0 Å². The zero-order chi connectivity index (χ0) is 21.6. The molecular weight excluding hydrogens is 420 g/mol. The number of anilines is 1. The van der Waals surface area contributed by atoms with Crippen molar-refractivity contribution in [1.29, 1.82) is 0 Å². The van der Waals surface area contributed by atoms with Gasteiger partial charge in [-0.25, -0.2) is 0 Å². The van der Waals surface area contributed by atoms with Crippen LogP contribution in [0.25, 0.3) is 0 Å². The molecule has 2 aromatic rings. The number of hydrogen-bond donors (Lipinski definition) is 1. The minimum atomic E-state index is -0.526. The SMILES string of the molecule is O=C(COc1ccc(C2OCC(=O)N2c2ccc(Cl)cc2)cc1)NCC1CCCCO1. The third-order valence-electron chi connectivity index (χ3n) is 5.31. The van der Waals surface area contributed by atoms with Crippen LogP contribution >= 0.6 is 11.6 Å². The third kappa shape index (κ3) is 5.55. The summed E-state index contributed by atoms with van der Waals surface area (Å²) in [4.78, 5) is 26.0. The second-order valence-corrected chi connectivity index (χ2v) is 7.99. The van der Waals surface area contributed by atoms with Gasteiger partial charge in [0.1, 0.15) is 12.4 Å². The van der Waals surface area contributed by atoms with Gasteiger partial charge < -0.3 is 19.5 Å². The lowest BCUT2D eigenvalue weighted by atomic mass is 10.1. The smallest absolute Gasteiger partial charge is 0.258 e. The molecule has 0 aromatic heterocycles. The zero-order valence-electron chi connectivity index (χ0n) is 17.1. The summed E-state index contributed by atoms with van der Waals surface area (Å²) in [6, 6.07) is 14.2. The van der Waals surface area contributed by atoms with E-state index in [1.165, 1.54) is 0 Å². The summed E-state index contributed by atoms with van der Waals surface area (Å²) in [5, 5.41) is 3.45. The molecule has 1 N–H and O–H groups in total. The number of nitrogens with one attached hydrogen (secondary N) is 1. The van der Waals surface area contributed by atoms with E-state index >= 15 is 0 Å². The Morgan fingerprint density at radius 2 is 1.87 bits per heavy atom. The Kier molecular flexibility index (Phi) is 7.06. The van der Waals surface area contributed by atoms with Crippen molar-refractivity contribution < 1.29 is 23.8 Å². The number of carbonyl (C=O) groups excluding carboxylic acids is 2. The molecule has 2 amide bonds. The summed E-state index contributed by atoms with van der Waals surface area (Å²) in [6.45, 7) is 1.21. The third-order valence-corrected chi connectivity index (χ3v) is 5.56. The van der Waals surface area contributed by atoms with Crippen LogP contribution in [0.1, 0.15) is 31.1 Å². The lowest BCUT2D eigenvalue weighted by molar-refractivity contribution is -0.124. The standard InChI is InChI=1S/C23H25ClN2O5/c24-17-6-8-18(9-7-17)26-22(28)15-31-23(26)16-4-10-19(11-5-16)30-14-21(27)25-13-20-3-1-2-12-29-20/h4-11,20,23H,1-3,12-15H2,(H,25,27). The second-order valence-electron chi connectivity index (χ2n) is 7.55. The van der Waals surface area contributed by atoms with Crippen LogP contribution in [-0.4, -0.2) is 44.3 Å². The van der Waals surface area contributed by atoms with Crippen molar-refractivity contribution in [3.8, 4) is 5.75 Å². The number of halogens is 1. The first-order valence-corrected chi connectivity index (χ1v) is 10.8. The zero-order valence-corrected chi connectivity index (χ0v) is 17.8. The summed E-state index contributed by atoms with van der Waals surface area (Å²) >= 11 is 5.95. The molecule has 0 radical (unpaired) electrons. The number of ether oxygens (including phenoxy) is 3. The number of benzene rings is 2. The minimum absolute atomic E-state index is 0.0103. The van der Waals surface area contributed by atoms with Gasteiger partial charge in [0, 0.05) is 29.4 Å². The lowest BCUT2D eigenvalue weighted by Crippen LogP contribution is -2.37. The van der Waals surface area contributed by atoms with Crippen LogP contribution in [0.3, 0.4) is 0 Å². The molecule has 2 unspecified atom stereocenters. The normalized spacial score (nSPS) is 21.2. The van der Waals surface area contributed by atoms with Crippen molar-refractivity contribution in [1.82, 2.24) is 5.32 Å². The van der Waals surface area contributed by atoms with Crippen molar-refractivity contribution in [2.24, 2.45) is 0 Å². The first-order chi connectivity index (χ1) is 15.1. The van der Waals surface area contributed by atoms with Gasteiger partial charge in [-0.15, -0.1) is 0 Å². The molecular formula is C23H25ClN2O5. The van der Waals surface area contributed by atoms with Crippen LogP contribution in [-0.2, 0) is 19.1 Å². The molecule has 31 heavy (non-hydrogen) atoms. The highest BCUT2D eigenvalue weighted by Gasteiger charge is 2.34. The Labute approximate surface area is 186 Å². The van der Waals surface area contributed by atoms with Gasteiger partial charge in [0.25, 0.3) is 11.8 Å². The predicted molar refractivity (Wildman–Crippen MR) is 116 cm³/mol. The Morgan fingerprint density at radius 1 is 1.10 bits per heavy atom. The fraction of sp³-hybridized carbons (Fsp3) is 0.391. The molecule has 2 atom stereocenters. The van der Waals surface area contributed by atoms with Gasteiger partial charge in [0.2, 0.25) is 0 Å². The topological polar surface area (TPSA) is 77.1 Å². The van der Waals surface area contributed by atoms with E-state index in [4.69, 9.17) is 25.8 Å². The first-order valence-electron chi connectivity index (χ1n) is 10.4. The van der Waals surface area contributed by atoms with Crippen molar-refractivity contribution >= 4 is 29.1 Å².